The lowest BCUT2D eigenvalue weighted by atomic mass is 9.52. The van der Waals surface area contributed by atoms with Crippen molar-refractivity contribution in [3.05, 3.63) is 11.1 Å². The molecule has 122 valence electrons. The summed E-state index contributed by atoms with van der Waals surface area (Å²) >= 11 is 6.13. The number of fused-ring (bicyclic) bond motifs is 5. The highest BCUT2D eigenvalue weighted by Gasteiger charge is 2.55. The fourth-order valence-electron chi connectivity index (χ4n) is 6.69. The van der Waals surface area contributed by atoms with Gasteiger partial charge in [0.25, 0.3) is 0 Å². The van der Waals surface area contributed by atoms with Crippen LogP contribution in [0.3, 0.4) is 0 Å². The minimum absolute atomic E-state index is 0.367. The van der Waals surface area contributed by atoms with Crippen molar-refractivity contribution in [2.75, 3.05) is 7.05 Å². The van der Waals surface area contributed by atoms with Gasteiger partial charge in [0.05, 0.1) is 0 Å². The molecule has 0 aromatic carbocycles. The summed E-state index contributed by atoms with van der Waals surface area (Å²) < 4.78 is 0. The summed E-state index contributed by atoms with van der Waals surface area (Å²) in [6.45, 7) is 2.47. The van der Waals surface area contributed by atoms with Crippen molar-refractivity contribution in [3.8, 4) is 0 Å². The van der Waals surface area contributed by atoms with Gasteiger partial charge in [-0.25, -0.2) is 0 Å². The normalized spacial score (nSPS) is 49.8. The quantitative estimate of drug-likeness (QED) is 0.639. The van der Waals surface area contributed by atoms with Crippen LogP contribution in [-0.4, -0.2) is 23.9 Å². The smallest absolute Gasteiger partial charge is 0.222 e. The molecule has 0 bridgehead atoms. The minimum atomic E-state index is 0.367. The topological polar surface area (TPSA) is 20.3 Å². The van der Waals surface area contributed by atoms with E-state index in [0.717, 1.165) is 36.5 Å². The molecule has 3 heteroatoms. The number of rotatable bonds is 0. The highest BCUT2D eigenvalue weighted by atomic mass is 35.5. The molecule has 1 heterocycles. The number of amides is 1. The lowest BCUT2D eigenvalue weighted by Gasteiger charge is -2.56. The maximum atomic E-state index is 12.0. The van der Waals surface area contributed by atoms with E-state index >= 15 is 0 Å². The van der Waals surface area contributed by atoms with Gasteiger partial charge in [-0.15, -0.1) is 0 Å². The van der Waals surface area contributed by atoms with Crippen LogP contribution in [0.4, 0.5) is 0 Å². The predicted octanol–water partition coefficient (Wildman–Crippen LogP) is 4.58. The predicted molar refractivity (Wildman–Crippen MR) is 89.5 cm³/mol. The average Bonchev–Trinajstić information content (AvgIpc) is 2.87. The molecule has 4 aliphatic rings. The number of halogens is 1. The SMILES string of the molecule is CN1C(=O)CC[C@@H]2[C@H]3CC[C@]4(C)/C(=C/Cl)CC[C@H]4[C@@H]3CC[C@H]21. The fourth-order valence-corrected chi connectivity index (χ4v) is 7.05. The molecule has 0 aromatic rings. The van der Waals surface area contributed by atoms with Crippen molar-refractivity contribution in [1.82, 2.24) is 4.90 Å². The minimum Gasteiger partial charge on any atom is -0.342 e. The van der Waals surface area contributed by atoms with Crippen LogP contribution in [0.5, 0.6) is 0 Å². The Morgan fingerprint density at radius 1 is 1.09 bits per heavy atom. The van der Waals surface area contributed by atoms with Gasteiger partial charge in [0.15, 0.2) is 0 Å². The fraction of sp³-hybridized carbons (Fsp3) is 0.842. The second-order valence-electron chi connectivity index (χ2n) is 8.42. The second kappa shape index (κ2) is 5.26. The summed E-state index contributed by atoms with van der Waals surface area (Å²) in [5.41, 5.74) is 3.77. The van der Waals surface area contributed by atoms with Crippen molar-refractivity contribution < 1.29 is 4.79 Å². The molecule has 1 amide bonds. The van der Waals surface area contributed by atoms with Crippen LogP contribution in [0, 0.1) is 29.1 Å². The Labute approximate surface area is 139 Å². The van der Waals surface area contributed by atoms with Gasteiger partial charge in [-0.05, 0) is 74.0 Å². The standard InChI is InChI=1S/C19H28ClNO/c1-19-10-9-13-14(16(19)6-3-12(19)11-20)4-7-17-15(13)5-8-18(22)21(17)2/h11,13-17H,3-10H2,1-2H3/b12-11+/t13-,14+,15+,16-,17+,19+/m0/s1. The highest BCUT2D eigenvalue weighted by molar-refractivity contribution is 6.25. The molecule has 0 aromatic heterocycles. The van der Waals surface area contributed by atoms with Crippen LogP contribution in [0.2, 0.25) is 0 Å². The molecule has 0 unspecified atom stereocenters. The third kappa shape index (κ3) is 1.95. The number of hydrogen-bond donors (Lipinski definition) is 0. The Morgan fingerprint density at radius 3 is 2.68 bits per heavy atom. The molecule has 1 saturated heterocycles. The van der Waals surface area contributed by atoms with Crippen LogP contribution in [0.15, 0.2) is 11.1 Å². The van der Waals surface area contributed by atoms with E-state index in [1.807, 2.05) is 12.6 Å². The zero-order valence-electron chi connectivity index (χ0n) is 13.9. The first-order valence-electron chi connectivity index (χ1n) is 9.11. The zero-order valence-corrected chi connectivity index (χ0v) is 14.6. The second-order valence-corrected chi connectivity index (χ2v) is 8.63. The molecule has 4 fully saturated rings. The molecule has 0 N–H and O–H groups in total. The zero-order chi connectivity index (χ0) is 15.5. The van der Waals surface area contributed by atoms with E-state index in [1.165, 1.54) is 44.1 Å². The van der Waals surface area contributed by atoms with E-state index in [0.29, 0.717) is 17.4 Å². The summed E-state index contributed by atoms with van der Waals surface area (Å²) in [5.74, 6) is 3.68. The van der Waals surface area contributed by atoms with E-state index in [1.54, 1.807) is 0 Å². The largest absolute Gasteiger partial charge is 0.342 e. The molecular weight excluding hydrogens is 294 g/mol. The summed E-state index contributed by atoms with van der Waals surface area (Å²) in [5, 5.41) is 0. The number of piperidine rings is 1. The van der Waals surface area contributed by atoms with Crippen LogP contribution >= 0.6 is 11.6 Å². The van der Waals surface area contributed by atoms with Gasteiger partial charge in [0.2, 0.25) is 5.91 Å². The van der Waals surface area contributed by atoms with E-state index < -0.39 is 0 Å². The van der Waals surface area contributed by atoms with Crippen LogP contribution in [0.1, 0.15) is 58.3 Å². The summed E-state index contributed by atoms with van der Waals surface area (Å²) in [7, 11) is 2.04. The molecule has 22 heavy (non-hydrogen) atoms. The molecule has 0 spiro atoms. The van der Waals surface area contributed by atoms with Gasteiger partial charge in [-0.2, -0.15) is 0 Å². The average molecular weight is 322 g/mol. The third-order valence-electron chi connectivity index (χ3n) is 7.89. The first kappa shape index (κ1) is 15.1. The summed E-state index contributed by atoms with van der Waals surface area (Å²) in [4.78, 5) is 14.1. The number of nitrogens with zero attached hydrogens (tertiary/aromatic N) is 1. The molecule has 1 aliphatic heterocycles. The number of hydrogen-bond acceptors (Lipinski definition) is 1. The van der Waals surface area contributed by atoms with E-state index in [2.05, 4.69) is 11.8 Å². The van der Waals surface area contributed by atoms with Gasteiger partial charge >= 0.3 is 0 Å². The van der Waals surface area contributed by atoms with Gasteiger partial charge in [-0.1, -0.05) is 24.1 Å². The lowest BCUT2D eigenvalue weighted by Crippen LogP contribution is -2.55. The molecular formula is C19H28ClNO. The van der Waals surface area contributed by atoms with E-state index in [9.17, 15) is 4.79 Å². The van der Waals surface area contributed by atoms with Crippen LogP contribution < -0.4 is 0 Å². The summed E-state index contributed by atoms with van der Waals surface area (Å²) in [6, 6.07) is 0.524. The maximum Gasteiger partial charge on any atom is 0.222 e. The first-order chi connectivity index (χ1) is 10.6. The first-order valence-corrected chi connectivity index (χ1v) is 9.55. The Morgan fingerprint density at radius 2 is 1.91 bits per heavy atom. The van der Waals surface area contributed by atoms with E-state index in [-0.39, 0.29) is 0 Å². The molecule has 2 nitrogen and oxygen atoms in total. The van der Waals surface area contributed by atoms with Crippen molar-refractivity contribution in [2.24, 2.45) is 29.1 Å². The lowest BCUT2D eigenvalue weighted by molar-refractivity contribution is -0.143. The Bertz CT molecular complexity index is 516. The van der Waals surface area contributed by atoms with Crippen molar-refractivity contribution >= 4 is 17.5 Å². The third-order valence-corrected chi connectivity index (χ3v) is 8.16. The number of carbonyl (C=O) groups excluding carboxylic acids is 1. The van der Waals surface area contributed by atoms with E-state index in [4.69, 9.17) is 11.6 Å². The molecule has 6 atom stereocenters. The van der Waals surface area contributed by atoms with Crippen molar-refractivity contribution in [2.45, 2.75) is 64.3 Å². The Kier molecular flexibility index (Phi) is 3.60. The summed E-state index contributed by atoms with van der Waals surface area (Å²) in [6.07, 6.45) is 9.64. The van der Waals surface area contributed by atoms with Gasteiger partial charge < -0.3 is 4.90 Å². The van der Waals surface area contributed by atoms with Crippen LogP contribution in [-0.2, 0) is 4.79 Å². The van der Waals surface area contributed by atoms with Crippen molar-refractivity contribution in [3.63, 3.8) is 0 Å². The maximum absolute atomic E-state index is 12.0. The number of likely N-dealkylation sites (tertiary alicyclic amines) is 1. The molecule has 4 rings (SSSR count). The highest BCUT2D eigenvalue weighted by Crippen LogP contribution is 2.63. The molecule has 3 saturated carbocycles. The Hall–Kier alpha value is -0.500. The van der Waals surface area contributed by atoms with Gasteiger partial charge in [-0.3, -0.25) is 4.79 Å². The van der Waals surface area contributed by atoms with Crippen molar-refractivity contribution in [1.29, 1.82) is 0 Å². The molecule has 0 radical (unpaired) electrons. The Balaban J connectivity index is 1.60. The molecule has 3 aliphatic carbocycles. The number of carbonyl (C=O) groups is 1. The number of allylic oxidation sites excluding steroid dienone is 1. The monoisotopic (exact) mass is 321 g/mol. The van der Waals surface area contributed by atoms with Gasteiger partial charge in [0.1, 0.15) is 0 Å². The van der Waals surface area contributed by atoms with Gasteiger partial charge in [0, 0.05) is 25.0 Å². The van der Waals surface area contributed by atoms with Crippen LogP contribution in [0.25, 0.3) is 0 Å².